The fraction of sp³-hybridized carbons (Fsp3) is 0.350. The van der Waals surface area contributed by atoms with Crippen LogP contribution in [0.3, 0.4) is 0 Å². The van der Waals surface area contributed by atoms with Crippen molar-refractivity contribution in [2.45, 2.75) is 13.0 Å². The number of methoxy groups -OCH3 is 1. The normalized spacial score (nSPS) is 15.5. The lowest BCUT2D eigenvalue weighted by Gasteiger charge is -2.36. The Bertz CT molecular complexity index is 743. The maximum Gasteiger partial charge on any atom is 0.317 e. The van der Waals surface area contributed by atoms with Gasteiger partial charge in [0.1, 0.15) is 5.75 Å². The van der Waals surface area contributed by atoms with Gasteiger partial charge in [0.15, 0.2) is 0 Å². The molecule has 3 rings (SSSR count). The van der Waals surface area contributed by atoms with Crippen LogP contribution in [-0.4, -0.2) is 44.2 Å². The topological polar surface area (TPSA) is 44.8 Å². The van der Waals surface area contributed by atoms with E-state index in [0.29, 0.717) is 18.1 Å². The van der Waals surface area contributed by atoms with Gasteiger partial charge >= 0.3 is 6.03 Å². The highest BCUT2D eigenvalue weighted by molar-refractivity contribution is 6.30. The molecule has 0 bridgehead atoms. The molecule has 2 amide bonds. The van der Waals surface area contributed by atoms with Crippen LogP contribution in [0.2, 0.25) is 5.02 Å². The second kappa shape index (κ2) is 8.32. The minimum absolute atomic E-state index is 0.0353. The lowest BCUT2D eigenvalue weighted by molar-refractivity contribution is 0.191. The first kappa shape index (κ1) is 18.4. The Morgan fingerprint density at radius 2 is 1.81 bits per heavy atom. The molecule has 0 aromatic heterocycles. The third-order valence-corrected chi connectivity index (χ3v) is 4.93. The maximum atomic E-state index is 12.5. The summed E-state index contributed by atoms with van der Waals surface area (Å²) in [5, 5.41) is 3.73. The first-order chi connectivity index (χ1) is 12.6. The first-order valence-corrected chi connectivity index (χ1v) is 9.14. The van der Waals surface area contributed by atoms with E-state index in [1.54, 1.807) is 7.11 Å². The summed E-state index contributed by atoms with van der Waals surface area (Å²) in [5.74, 6) is 0.849. The zero-order valence-electron chi connectivity index (χ0n) is 15.1. The zero-order chi connectivity index (χ0) is 18.5. The van der Waals surface area contributed by atoms with Crippen LogP contribution in [0.4, 0.5) is 10.5 Å². The number of nitrogens with one attached hydrogen (secondary N) is 1. The van der Waals surface area contributed by atoms with Gasteiger partial charge in [-0.05, 0) is 48.9 Å². The van der Waals surface area contributed by atoms with Crippen molar-refractivity contribution in [3.63, 3.8) is 0 Å². The fourth-order valence-electron chi connectivity index (χ4n) is 3.10. The van der Waals surface area contributed by atoms with Crippen LogP contribution in [0.5, 0.6) is 5.75 Å². The van der Waals surface area contributed by atoms with Crippen molar-refractivity contribution in [2.75, 3.05) is 38.2 Å². The summed E-state index contributed by atoms with van der Waals surface area (Å²) in [4.78, 5) is 16.7. The Morgan fingerprint density at radius 1 is 1.12 bits per heavy atom. The molecule has 6 heteroatoms. The van der Waals surface area contributed by atoms with E-state index in [1.165, 1.54) is 0 Å². The predicted octanol–water partition coefficient (Wildman–Crippen LogP) is 3.94. The number of nitrogens with zero attached hydrogens (tertiary/aromatic N) is 2. The van der Waals surface area contributed by atoms with Crippen molar-refractivity contribution in [3.8, 4) is 5.75 Å². The standard InChI is InChI=1S/C20H24ClN3O2/c1-15(16-4-3-5-17(21)14-16)22-20(25)24-12-10-23(11-13-24)18-6-8-19(26-2)9-7-18/h3-9,14-15H,10-13H2,1-2H3,(H,22,25). The van der Waals surface area contributed by atoms with Crippen molar-refractivity contribution >= 4 is 23.3 Å². The van der Waals surface area contributed by atoms with Gasteiger partial charge in [-0.25, -0.2) is 4.79 Å². The summed E-state index contributed by atoms with van der Waals surface area (Å²) < 4.78 is 5.20. The fourth-order valence-corrected chi connectivity index (χ4v) is 3.30. The van der Waals surface area contributed by atoms with Gasteiger partial charge in [0, 0.05) is 36.9 Å². The molecule has 1 unspecified atom stereocenters. The molecule has 26 heavy (non-hydrogen) atoms. The minimum atomic E-state index is -0.0826. The van der Waals surface area contributed by atoms with Gasteiger partial charge in [-0.3, -0.25) is 0 Å². The van der Waals surface area contributed by atoms with Gasteiger partial charge in [-0.15, -0.1) is 0 Å². The molecule has 5 nitrogen and oxygen atoms in total. The molecular weight excluding hydrogens is 350 g/mol. The predicted molar refractivity (Wildman–Crippen MR) is 105 cm³/mol. The number of anilines is 1. The van der Waals surface area contributed by atoms with Crippen molar-refractivity contribution in [2.24, 2.45) is 0 Å². The summed E-state index contributed by atoms with van der Waals surface area (Å²) in [6.45, 7) is 4.98. The number of ether oxygens (including phenoxy) is 1. The van der Waals surface area contributed by atoms with Gasteiger partial charge in [-0.1, -0.05) is 23.7 Å². The highest BCUT2D eigenvalue weighted by atomic mass is 35.5. The van der Waals surface area contributed by atoms with Crippen molar-refractivity contribution in [1.82, 2.24) is 10.2 Å². The van der Waals surface area contributed by atoms with E-state index < -0.39 is 0 Å². The number of benzene rings is 2. The summed E-state index contributed by atoms with van der Waals surface area (Å²) in [6, 6.07) is 15.5. The maximum absolute atomic E-state index is 12.5. The molecule has 0 saturated carbocycles. The average Bonchev–Trinajstić information content (AvgIpc) is 2.68. The Balaban J connectivity index is 1.53. The van der Waals surface area contributed by atoms with E-state index in [1.807, 2.05) is 48.2 Å². The summed E-state index contributed by atoms with van der Waals surface area (Å²) in [6.07, 6.45) is 0. The van der Waals surface area contributed by atoms with Gasteiger partial charge < -0.3 is 19.9 Å². The molecule has 0 aliphatic carbocycles. The average molecular weight is 374 g/mol. The summed E-state index contributed by atoms with van der Waals surface area (Å²) in [7, 11) is 1.66. The molecule has 1 saturated heterocycles. The minimum Gasteiger partial charge on any atom is -0.497 e. The van der Waals surface area contributed by atoms with Crippen LogP contribution in [0.1, 0.15) is 18.5 Å². The number of rotatable bonds is 4. The van der Waals surface area contributed by atoms with Crippen LogP contribution in [0.25, 0.3) is 0 Å². The second-order valence-corrected chi connectivity index (χ2v) is 6.83. The van der Waals surface area contributed by atoms with Crippen LogP contribution in [-0.2, 0) is 0 Å². The Morgan fingerprint density at radius 3 is 2.42 bits per heavy atom. The van der Waals surface area contributed by atoms with E-state index >= 15 is 0 Å². The third-order valence-electron chi connectivity index (χ3n) is 4.69. The number of carbonyl (C=O) groups excluding carboxylic acids is 1. The highest BCUT2D eigenvalue weighted by Gasteiger charge is 2.22. The molecule has 1 aliphatic rings. The molecular formula is C20H24ClN3O2. The number of piperazine rings is 1. The van der Waals surface area contributed by atoms with Gasteiger partial charge in [0.2, 0.25) is 0 Å². The number of amides is 2. The quantitative estimate of drug-likeness (QED) is 0.882. The molecule has 2 aromatic carbocycles. The highest BCUT2D eigenvalue weighted by Crippen LogP contribution is 2.21. The van der Waals surface area contributed by atoms with E-state index in [9.17, 15) is 4.79 Å². The van der Waals surface area contributed by atoms with Crippen molar-refractivity contribution < 1.29 is 9.53 Å². The Kier molecular flexibility index (Phi) is 5.89. The molecule has 0 radical (unpaired) electrons. The first-order valence-electron chi connectivity index (χ1n) is 8.77. The van der Waals surface area contributed by atoms with Crippen LogP contribution < -0.4 is 15.0 Å². The smallest absolute Gasteiger partial charge is 0.317 e. The lowest BCUT2D eigenvalue weighted by Crippen LogP contribution is -2.52. The molecule has 1 aliphatic heterocycles. The SMILES string of the molecule is COc1ccc(N2CCN(C(=O)NC(C)c3cccc(Cl)c3)CC2)cc1. The number of urea groups is 1. The monoisotopic (exact) mass is 373 g/mol. The van der Waals surface area contributed by atoms with Crippen molar-refractivity contribution in [3.05, 3.63) is 59.1 Å². The van der Waals surface area contributed by atoms with Gasteiger partial charge in [0.25, 0.3) is 0 Å². The van der Waals surface area contributed by atoms with Crippen LogP contribution in [0, 0.1) is 0 Å². The number of hydrogen-bond acceptors (Lipinski definition) is 3. The molecule has 1 N–H and O–H groups in total. The second-order valence-electron chi connectivity index (χ2n) is 6.40. The number of carbonyl (C=O) groups is 1. The van der Waals surface area contributed by atoms with E-state index in [-0.39, 0.29) is 12.1 Å². The molecule has 0 spiro atoms. The van der Waals surface area contributed by atoms with E-state index in [2.05, 4.69) is 22.3 Å². The number of halogens is 1. The van der Waals surface area contributed by atoms with Crippen LogP contribution in [0.15, 0.2) is 48.5 Å². The molecule has 138 valence electrons. The van der Waals surface area contributed by atoms with Gasteiger partial charge in [-0.2, -0.15) is 0 Å². The Hall–Kier alpha value is -2.40. The molecule has 2 aromatic rings. The summed E-state index contributed by atoms with van der Waals surface area (Å²) in [5.41, 5.74) is 2.15. The number of hydrogen-bond donors (Lipinski definition) is 1. The molecule has 1 fully saturated rings. The van der Waals surface area contributed by atoms with Crippen LogP contribution >= 0.6 is 11.6 Å². The van der Waals surface area contributed by atoms with Crippen molar-refractivity contribution in [1.29, 1.82) is 0 Å². The lowest BCUT2D eigenvalue weighted by atomic mass is 10.1. The third kappa shape index (κ3) is 4.41. The Labute approximate surface area is 159 Å². The van der Waals surface area contributed by atoms with E-state index in [0.717, 1.165) is 30.1 Å². The largest absolute Gasteiger partial charge is 0.497 e. The molecule has 1 atom stereocenters. The zero-order valence-corrected chi connectivity index (χ0v) is 15.9. The molecule has 1 heterocycles. The summed E-state index contributed by atoms with van der Waals surface area (Å²) >= 11 is 6.03. The van der Waals surface area contributed by atoms with E-state index in [4.69, 9.17) is 16.3 Å². The van der Waals surface area contributed by atoms with Gasteiger partial charge in [0.05, 0.1) is 13.2 Å².